The molecule has 1 saturated heterocycles. The van der Waals surface area contributed by atoms with Crippen molar-refractivity contribution >= 4 is 39.9 Å². The second-order valence-electron chi connectivity index (χ2n) is 14.9. The fraction of sp³-hybridized carbons (Fsp3) is 0.606. The summed E-state index contributed by atoms with van der Waals surface area (Å²) in [4.78, 5) is 68.5. The molecule has 5 N–H and O–H groups in total. The van der Waals surface area contributed by atoms with Gasteiger partial charge in [0.15, 0.2) is 0 Å². The van der Waals surface area contributed by atoms with E-state index in [0.717, 1.165) is 5.56 Å². The minimum atomic E-state index is -3.90. The summed E-state index contributed by atoms with van der Waals surface area (Å²) in [5.41, 5.74) is -2.34. The van der Waals surface area contributed by atoms with E-state index in [1.54, 1.807) is 41.5 Å². The van der Waals surface area contributed by atoms with Crippen LogP contribution in [0.25, 0.3) is 0 Å². The molecule has 5 atom stereocenters. The van der Waals surface area contributed by atoms with Gasteiger partial charge in [0.2, 0.25) is 21.8 Å². The van der Waals surface area contributed by atoms with Crippen molar-refractivity contribution in [3.05, 3.63) is 48.6 Å². The fourth-order valence-electron chi connectivity index (χ4n) is 5.71. The highest BCUT2D eigenvalue weighted by Crippen LogP contribution is 2.45. The van der Waals surface area contributed by atoms with E-state index in [0.29, 0.717) is 12.8 Å². The van der Waals surface area contributed by atoms with Crippen molar-refractivity contribution in [1.82, 2.24) is 30.9 Å². The van der Waals surface area contributed by atoms with Gasteiger partial charge in [-0.05, 0) is 57.4 Å². The lowest BCUT2D eigenvalue weighted by molar-refractivity contribution is -0.143. The highest BCUT2D eigenvalue weighted by molar-refractivity contribution is 7.91. The monoisotopic (exact) mass is 688 g/mol. The van der Waals surface area contributed by atoms with Crippen molar-refractivity contribution in [3.8, 4) is 0 Å². The first-order chi connectivity index (χ1) is 22.3. The minimum Gasteiger partial charge on any atom is -0.444 e. The van der Waals surface area contributed by atoms with Crippen LogP contribution in [-0.4, -0.2) is 84.2 Å². The molecule has 1 aromatic carbocycles. The van der Waals surface area contributed by atoms with Gasteiger partial charge in [0.05, 0.1) is 11.3 Å². The summed E-state index contributed by atoms with van der Waals surface area (Å²) in [6.07, 6.45) is 1.69. The Morgan fingerprint density at radius 1 is 1.06 bits per heavy atom. The van der Waals surface area contributed by atoms with Crippen molar-refractivity contribution in [2.75, 3.05) is 6.54 Å². The molecular formula is C33H48N6O8S. The smallest absolute Gasteiger partial charge is 0.408 e. The van der Waals surface area contributed by atoms with Gasteiger partial charge in [-0.15, -0.1) is 6.58 Å². The van der Waals surface area contributed by atoms with Gasteiger partial charge < -0.3 is 30.9 Å². The predicted octanol–water partition coefficient (Wildman–Crippen LogP) is 2.06. The Kier molecular flexibility index (Phi) is 10.5. The lowest BCUT2D eigenvalue weighted by Gasteiger charge is -2.36. The summed E-state index contributed by atoms with van der Waals surface area (Å²) < 4.78 is 32.7. The number of nitrogens with one attached hydrogen (secondary N) is 5. The van der Waals surface area contributed by atoms with Crippen LogP contribution < -0.4 is 26.0 Å². The van der Waals surface area contributed by atoms with Crippen molar-refractivity contribution in [1.29, 1.82) is 0 Å². The molecule has 2 saturated carbocycles. The van der Waals surface area contributed by atoms with Crippen LogP contribution in [-0.2, 0) is 35.7 Å². The Balaban J connectivity index is 1.56. The number of alkyl carbamates (subject to hydrolysis) is 1. The molecule has 264 valence electrons. The molecule has 2 unspecified atom stereocenters. The highest BCUT2D eigenvalue weighted by Gasteiger charge is 2.62. The highest BCUT2D eigenvalue weighted by atomic mass is 32.2. The Morgan fingerprint density at radius 2 is 1.71 bits per heavy atom. The first kappa shape index (κ1) is 36.7. The molecule has 1 aliphatic heterocycles. The number of hydrogen-bond donors (Lipinski definition) is 5. The van der Waals surface area contributed by atoms with Crippen LogP contribution >= 0.6 is 0 Å². The number of amides is 6. The van der Waals surface area contributed by atoms with Crippen LogP contribution in [0, 0.1) is 11.3 Å². The summed E-state index contributed by atoms with van der Waals surface area (Å²) >= 11 is 0. The molecule has 15 heteroatoms. The maximum absolute atomic E-state index is 14.2. The molecule has 0 bridgehead atoms. The molecule has 6 amide bonds. The zero-order valence-electron chi connectivity index (χ0n) is 28.4. The molecule has 2 aliphatic carbocycles. The van der Waals surface area contributed by atoms with Gasteiger partial charge in [-0.1, -0.05) is 57.2 Å². The number of urea groups is 1. The fourth-order valence-corrected chi connectivity index (χ4v) is 7.07. The third-order valence-electron chi connectivity index (χ3n) is 8.54. The largest absolute Gasteiger partial charge is 0.444 e. The van der Waals surface area contributed by atoms with Crippen molar-refractivity contribution in [2.45, 2.75) is 108 Å². The van der Waals surface area contributed by atoms with Gasteiger partial charge in [0, 0.05) is 19.0 Å². The first-order valence-electron chi connectivity index (χ1n) is 16.1. The average Bonchev–Trinajstić information content (AvgIpc) is 3.90. The number of sulfonamides is 1. The van der Waals surface area contributed by atoms with Crippen LogP contribution in [0.15, 0.2) is 43.0 Å². The second-order valence-corrected chi connectivity index (χ2v) is 16.8. The maximum atomic E-state index is 14.2. The number of hydrogen-bond acceptors (Lipinski definition) is 8. The van der Waals surface area contributed by atoms with Crippen LogP contribution in [0.1, 0.15) is 72.8 Å². The van der Waals surface area contributed by atoms with Gasteiger partial charge in [0.25, 0.3) is 5.91 Å². The lowest BCUT2D eigenvalue weighted by Crippen LogP contribution is -2.60. The number of carbonyl (C=O) groups excluding carboxylic acids is 5. The van der Waals surface area contributed by atoms with E-state index in [1.807, 2.05) is 30.3 Å². The zero-order chi connectivity index (χ0) is 35.7. The van der Waals surface area contributed by atoms with Crippen LogP contribution in [0.3, 0.4) is 0 Å². The standard InChI is InChI=1S/C33H48N6O8S/c1-8-21-17-33(21,28(42)38-48(45,46)23-14-15-23)37-26(40)24-16-22(35-29(43)34-18-20-12-10-9-11-13-20)19-39(24)27(41)25(31(2,3)4)36-30(44)47-32(5,6)7/h8-13,21-25H,1,14-19H2,2-7H3,(H,36,44)(H,37,40)(H,38,42)(H2,34,35,43)/t21?,22-,24+,25-,33?/m1/s1. The Hall–Kier alpha value is -4.14. The van der Waals surface area contributed by atoms with Gasteiger partial charge in [-0.2, -0.15) is 0 Å². The molecule has 3 fully saturated rings. The number of likely N-dealkylation sites (tertiary alicyclic amines) is 1. The Bertz CT molecular complexity index is 1530. The van der Waals surface area contributed by atoms with Crippen molar-refractivity contribution in [2.24, 2.45) is 11.3 Å². The zero-order valence-corrected chi connectivity index (χ0v) is 29.2. The molecule has 1 heterocycles. The van der Waals surface area contributed by atoms with E-state index >= 15 is 0 Å². The molecule has 0 radical (unpaired) electrons. The summed E-state index contributed by atoms with van der Waals surface area (Å²) in [6, 6.07) is 5.80. The van der Waals surface area contributed by atoms with Gasteiger partial charge in [-0.3, -0.25) is 19.1 Å². The number of carbonyl (C=O) groups is 5. The van der Waals surface area contributed by atoms with Gasteiger partial charge in [-0.25, -0.2) is 18.0 Å². The SMILES string of the molecule is C=CC1CC1(NC(=O)[C@@H]1C[C@@H](NC(=O)NCc2ccccc2)CN1C(=O)[C@@H](NC(=O)OC(C)(C)C)C(C)(C)C)C(=O)NS(=O)(=O)C1CC1. The predicted molar refractivity (Wildman–Crippen MR) is 178 cm³/mol. The molecule has 0 aromatic heterocycles. The number of benzene rings is 1. The quantitative estimate of drug-likeness (QED) is 0.218. The number of rotatable bonds is 11. The molecule has 4 rings (SSSR count). The van der Waals surface area contributed by atoms with E-state index in [1.165, 1.54) is 11.0 Å². The molecule has 3 aliphatic rings. The van der Waals surface area contributed by atoms with E-state index in [2.05, 4.69) is 32.6 Å². The molecule has 48 heavy (non-hydrogen) atoms. The minimum absolute atomic E-state index is 0.00351. The second kappa shape index (κ2) is 13.8. The van der Waals surface area contributed by atoms with E-state index in [-0.39, 0.29) is 25.9 Å². The first-order valence-corrected chi connectivity index (χ1v) is 17.7. The summed E-state index contributed by atoms with van der Waals surface area (Å²) in [7, 11) is -3.90. The summed E-state index contributed by atoms with van der Waals surface area (Å²) in [6.45, 7) is 14.2. The van der Waals surface area contributed by atoms with Crippen LogP contribution in [0.4, 0.5) is 9.59 Å². The topological polar surface area (TPSA) is 192 Å². The third-order valence-corrected chi connectivity index (χ3v) is 10.4. The number of ether oxygens (including phenoxy) is 1. The lowest BCUT2D eigenvalue weighted by atomic mass is 9.85. The number of nitrogens with zero attached hydrogens (tertiary/aromatic N) is 1. The van der Waals surface area contributed by atoms with E-state index in [4.69, 9.17) is 4.74 Å². The van der Waals surface area contributed by atoms with E-state index in [9.17, 15) is 32.4 Å². The van der Waals surface area contributed by atoms with Crippen LogP contribution in [0.5, 0.6) is 0 Å². The van der Waals surface area contributed by atoms with Crippen molar-refractivity contribution in [3.63, 3.8) is 0 Å². The Morgan fingerprint density at radius 3 is 2.25 bits per heavy atom. The molecular weight excluding hydrogens is 640 g/mol. The van der Waals surface area contributed by atoms with Gasteiger partial charge in [0.1, 0.15) is 23.2 Å². The molecule has 0 spiro atoms. The Labute approximate surface area is 282 Å². The maximum Gasteiger partial charge on any atom is 0.408 e. The summed E-state index contributed by atoms with van der Waals surface area (Å²) in [5.74, 6) is -2.69. The molecule has 1 aromatic rings. The average molecular weight is 689 g/mol. The normalized spacial score (nSPS) is 24.5. The van der Waals surface area contributed by atoms with Crippen LogP contribution in [0.2, 0.25) is 0 Å². The van der Waals surface area contributed by atoms with Crippen molar-refractivity contribution < 1.29 is 37.1 Å². The third kappa shape index (κ3) is 9.05. The van der Waals surface area contributed by atoms with E-state index < -0.39 is 85.7 Å². The summed E-state index contributed by atoms with van der Waals surface area (Å²) in [5, 5.41) is 10.3. The molecule has 14 nitrogen and oxygen atoms in total. The van der Waals surface area contributed by atoms with Gasteiger partial charge >= 0.3 is 12.1 Å².